The molecule has 1 aliphatic carbocycles. The van der Waals surface area contributed by atoms with Crippen LogP contribution in [0.4, 0.5) is 0 Å². The Kier molecular flexibility index (Phi) is 6.27. The van der Waals surface area contributed by atoms with E-state index in [9.17, 15) is 8.42 Å². The molecule has 1 aliphatic rings. The second kappa shape index (κ2) is 7.17. The molecule has 1 rings (SSSR count). The van der Waals surface area contributed by atoms with Crippen LogP contribution in [0.1, 0.15) is 53.4 Å². The highest BCUT2D eigenvalue weighted by molar-refractivity contribution is 7.88. The Morgan fingerprint density at radius 2 is 1.82 bits per heavy atom. The summed E-state index contributed by atoms with van der Waals surface area (Å²) in [4.78, 5) is 4.24. The largest absolute Gasteiger partial charge is 0.355 e. The number of sulfonamides is 1. The van der Waals surface area contributed by atoms with Gasteiger partial charge in [-0.15, -0.1) is 0 Å². The lowest BCUT2D eigenvalue weighted by molar-refractivity contribution is 0.216. The first-order valence-corrected chi connectivity index (χ1v) is 9.78. The number of nitrogens with one attached hydrogen (secondary N) is 3. The molecule has 22 heavy (non-hydrogen) atoms. The van der Waals surface area contributed by atoms with Gasteiger partial charge in [0.05, 0.1) is 6.26 Å². The van der Waals surface area contributed by atoms with Crippen LogP contribution >= 0.6 is 0 Å². The van der Waals surface area contributed by atoms with E-state index < -0.39 is 15.6 Å². The number of guanidine groups is 1. The normalized spacial score (nSPS) is 20.7. The predicted octanol–water partition coefficient (Wildman–Crippen LogP) is 1.45. The van der Waals surface area contributed by atoms with Crippen molar-refractivity contribution in [1.82, 2.24) is 15.4 Å². The summed E-state index contributed by atoms with van der Waals surface area (Å²) < 4.78 is 25.3. The van der Waals surface area contributed by atoms with Gasteiger partial charge in [-0.2, -0.15) is 0 Å². The Hall–Kier alpha value is -0.820. The number of rotatable bonds is 5. The Morgan fingerprint density at radius 1 is 1.27 bits per heavy atom. The van der Waals surface area contributed by atoms with Crippen LogP contribution in [0.3, 0.4) is 0 Å². The van der Waals surface area contributed by atoms with Crippen LogP contribution in [-0.4, -0.2) is 45.8 Å². The monoisotopic (exact) mass is 332 g/mol. The minimum atomic E-state index is -3.23. The van der Waals surface area contributed by atoms with Crippen LogP contribution < -0.4 is 15.4 Å². The SMILES string of the molecule is CN=C(NCC(C)(C)NS(C)(=O)=O)NC1CCC(C)(C)CC1. The van der Waals surface area contributed by atoms with Gasteiger partial charge in [0.15, 0.2) is 5.96 Å². The zero-order valence-corrected chi connectivity index (χ0v) is 15.6. The van der Waals surface area contributed by atoms with Crippen molar-refractivity contribution in [3.05, 3.63) is 0 Å². The molecule has 0 aliphatic heterocycles. The third-order valence-corrected chi connectivity index (χ3v) is 4.99. The van der Waals surface area contributed by atoms with E-state index >= 15 is 0 Å². The Balaban J connectivity index is 2.47. The Bertz CT molecular complexity index is 488. The first-order chi connectivity index (χ1) is 9.92. The first kappa shape index (κ1) is 19.2. The third kappa shape index (κ3) is 7.45. The third-order valence-electron chi connectivity index (χ3n) is 4.06. The molecule has 3 N–H and O–H groups in total. The highest BCUT2D eigenvalue weighted by atomic mass is 32.2. The van der Waals surface area contributed by atoms with Crippen molar-refractivity contribution in [2.24, 2.45) is 10.4 Å². The summed E-state index contributed by atoms with van der Waals surface area (Å²) in [6.07, 6.45) is 5.87. The molecule has 0 aromatic carbocycles. The predicted molar refractivity (Wildman–Crippen MR) is 92.6 cm³/mol. The van der Waals surface area contributed by atoms with Crippen LogP contribution in [0.2, 0.25) is 0 Å². The molecular weight excluding hydrogens is 300 g/mol. The average molecular weight is 333 g/mol. The molecule has 1 saturated carbocycles. The summed E-state index contributed by atoms with van der Waals surface area (Å²) in [5.74, 6) is 0.730. The maximum Gasteiger partial charge on any atom is 0.209 e. The van der Waals surface area contributed by atoms with Crippen molar-refractivity contribution in [3.8, 4) is 0 Å². The van der Waals surface area contributed by atoms with E-state index in [4.69, 9.17) is 0 Å². The summed E-state index contributed by atoms with van der Waals surface area (Å²) in [7, 11) is -1.49. The van der Waals surface area contributed by atoms with Gasteiger partial charge in [-0.1, -0.05) is 13.8 Å². The molecular formula is C15H32N4O2S. The molecule has 0 aromatic rings. The summed E-state index contributed by atoms with van der Waals surface area (Å²) in [6, 6.07) is 0.435. The minimum absolute atomic E-state index is 0.435. The lowest BCUT2D eigenvalue weighted by Gasteiger charge is -2.35. The fraction of sp³-hybridized carbons (Fsp3) is 0.933. The van der Waals surface area contributed by atoms with Gasteiger partial charge >= 0.3 is 0 Å². The maximum atomic E-state index is 11.4. The number of nitrogens with zero attached hydrogens (tertiary/aromatic N) is 1. The van der Waals surface area contributed by atoms with E-state index in [0.29, 0.717) is 18.0 Å². The van der Waals surface area contributed by atoms with Crippen molar-refractivity contribution in [2.75, 3.05) is 19.8 Å². The fourth-order valence-electron chi connectivity index (χ4n) is 2.77. The highest BCUT2D eigenvalue weighted by Gasteiger charge is 2.27. The van der Waals surface area contributed by atoms with Gasteiger partial charge in [-0.05, 0) is 44.9 Å². The molecule has 0 spiro atoms. The molecule has 0 heterocycles. The van der Waals surface area contributed by atoms with E-state index in [1.54, 1.807) is 7.05 Å². The van der Waals surface area contributed by atoms with E-state index in [2.05, 4.69) is 34.2 Å². The van der Waals surface area contributed by atoms with Crippen molar-refractivity contribution in [3.63, 3.8) is 0 Å². The minimum Gasteiger partial charge on any atom is -0.355 e. The molecule has 7 heteroatoms. The van der Waals surface area contributed by atoms with E-state index in [1.165, 1.54) is 19.1 Å². The molecule has 0 atom stereocenters. The van der Waals surface area contributed by atoms with Crippen molar-refractivity contribution in [1.29, 1.82) is 0 Å². The van der Waals surface area contributed by atoms with Gasteiger partial charge in [0.25, 0.3) is 0 Å². The van der Waals surface area contributed by atoms with Crippen molar-refractivity contribution >= 4 is 16.0 Å². The number of aliphatic imine (C=N–C) groups is 1. The number of hydrogen-bond donors (Lipinski definition) is 3. The van der Waals surface area contributed by atoms with Gasteiger partial charge in [-0.3, -0.25) is 4.99 Å². The summed E-state index contributed by atoms with van der Waals surface area (Å²) in [5.41, 5.74) is -0.129. The van der Waals surface area contributed by atoms with Gasteiger partial charge < -0.3 is 10.6 Å². The van der Waals surface area contributed by atoms with Crippen molar-refractivity contribution < 1.29 is 8.42 Å². The van der Waals surface area contributed by atoms with Gasteiger partial charge in [-0.25, -0.2) is 13.1 Å². The molecule has 1 fully saturated rings. The lowest BCUT2D eigenvalue weighted by Crippen LogP contribution is -2.54. The van der Waals surface area contributed by atoms with Gasteiger partial charge in [0, 0.05) is 25.2 Å². The van der Waals surface area contributed by atoms with Crippen LogP contribution in [0, 0.1) is 5.41 Å². The Labute approximate surface area is 135 Å². The van der Waals surface area contributed by atoms with Crippen LogP contribution in [0.5, 0.6) is 0 Å². The van der Waals surface area contributed by atoms with Crippen LogP contribution in [0.15, 0.2) is 4.99 Å². The zero-order valence-electron chi connectivity index (χ0n) is 14.8. The molecule has 0 aromatic heterocycles. The quantitative estimate of drug-likeness (QED) is 0.526. The second-order valence-electron chi connectivity index (χ2n) is 7.77. The molecule has 0 unspecified atom stereocenters. The summed E-state index contributed by atoms with van der Waals surface area (Å²) in [6.45, 7) is 8.79. The van der Waals surface area contributed by atoms with Crippen LogP contribution in [-0.2, 0) is 10.0 Å². The van der Waals surface area contributed by atoms with Gasteiger partial charge in [0.1, 0.15) is 0 Å². The van der Waals surface area contributed by atoms with E-state index in [0.717, 1.165) is 18.8 Å². The average Bonchev–Trinajstić information content (AvgIpc) is 2.33. The Morgan fingerprint density at radius 3 is 2.27 bits per heavy atom. The molecule has 0 saturated heterocycles. The van der Waals surface area contributed by atoms with Crippen molar-refractivity contribution in [2.45, 2.75) is 65.0 Å². The molecule has 6 nitrogen and oxygen atoms in total. The van der Waals surface area contributed by atoms with Crippen LogP contribution in [0.25, 0.3) is 0 Å². The standard InChI is InChI=1S/C15H32N4O2S/c1-14(2)9-7-12(8-10-14)18-13(16-5)17-11-15(3,4)19-22(6,20)21/h12,19H,7-11H2,1-6H3,(H2,16,17,18). The molecule has 0 amide bonds. The van der Waals surface area contributed by atoms with E-state index in [-0.39, 0.29) is 0 Å². The lowest BCUT2D eigenvalue weighted by atomic mass is 9.75. The maximum absolute atomic E-state index is 11.4. The summed E-state index contributed by atoms with van der Waals surface area (Å²) >= 11 is 0. The number of hydrogen-bond acceptors (Lipinski definition) is 3. The fourth-order valence-corrected chi connectivity index (χ4v) is 3.85. The zero-order chi connectivity index (χ0) is 17.0. The summed E-state index contributed by atoms with van der Waals surface area (Å²) in [5, 5.41) is 6.65. The first-order valence-electron chi connectivity index (χ1n) is 7.89. The smallest absolute Gasteiger partial charge is 0.209 e. The topological polar surface area (TPSA) is 82.6 Å². The highest BCUT2D eigenvalue weighted by Crippen LogP contribution is 2.34. The molecule has 0 bridgehead atoms. The van der Waals surface area contributed by atoms with Gasteiger partial charge in [0.2, 0.25) is 10.0 Å². The van der Waals surface area contributed by atoms with E-state index in [1.807, 2.05) is 13.8 Å². The molecule has 130 valence electrons. The molecule has 0 radical (unpaired) electrons. The second-order valence-corrected chi connectivity index (χ2v) is 9.52.